The minimum Gasteiger partial charge on any atom is -0.481 e. The Labute approximate surface area is 258 Å². The molecule has 10 heteroatoms. The van der Waals surface area contributed by atoms with E-state index < -0.39 is 23.9 Å². The van der Waals surface area contributed by atoms with Crippen molar-refractivity contribution in [2.45, 2.75) is 160 Å². The molecule has 0 unspecified atom stereocenters. The number of amides is 3. The second-order valence-electron chi connectivity index (χ2n) is 12.5. The number of carboxylic acids is 2. The van der Waals surface area contributed by atoms with Crippen molar-refractivity contribution in [1.29, 1.82) is 0 Å². The number of rotatable bonds is 27. The summed E-state index contributed by atoms with van der Waals surface area (Å²) >= 11 is 0. The van der Waals surface area contributed by atoms with Gasteiger partial charge in [0.15, 0.2) is 0 Å². The van der Waals surface area contributed by atoms with Crippen LogP contribution < -0.4 is 16.4 Å². The zero-order chi connectivity index (χ0) is 31.7. The molecule has 3 amide bonds. The van der Waals surface area contributed by atoms with Crippen molar-refractivity contribution < 1.29 is 34.2 Å². The maximum absolute atomic E-state index is 12.5. The van der Waals surface area contributed by atoms with E-state index in [1.54, 1.807) is 0 Å². The van der Waals surface area contributed by atoms with Crippen LogP contribution in [-0.2, 0) is 24.0 Å². The quantitative estimate of drug-likeness (QED) is 0.0725. The first-order chi connectivity index (χ1) is 20.7. The maximum Gasteiger partial charge on any atom is 0.326 e. The van der Waals surface area contributed by atoms with Gasteiger partial charge in [-0.1, -0.05) is 89.9 Å². The van der Waals surface area contributed by atoms with Gasteiger partial charge in [0.1, 0.15) is 6.04 Å². The molecule has 0 aliphatic heterocycles. The predicted octanol–water partition coefficient (Wildman–Crippen LogP) is 5.85. The van der Waals surface area contributed by atoms with Gasteiger partial charge in [0.2, 0.25) is 17.7 Å². The van der Waals surface area contributed by atoms with E-state index in [2.05, 4.69) is 10.6 Å². The summed E-state index contributed by atoms with van der Waals surface area (Å²) in [6.45, 7) is 0.623. The third kappa shape index (κ3) is 21.7. The average molecular weight is 610 g/mol. The van der Waals surface area contributed by atoms with Gasteiger partial charge in [-0.05, 0) is 50.9 Å². The molecule has 0 aromatic rings. The molecule has 0 radical (unpaired) electrons. The first-order valence-corrected chi connectivity index (χ1v) is 17.0. The highest BCUT2D eigenvalue weighted by Crippen LogP contribution is 2.29. The summed E-state index contributed by atoms with van der Waals surface area (Å²) in [5.74, 6) is -2.55. The van der Waals surface area contributed by atoms with E-state index in [1.165, 1.54) is 70.6 Å². The molecule has 6 N–H and O–H groups in total. The highest BCUT2D eigenvalue weighted by atomic mass is 16.4. The summed E-state index contributed by atoms with van der Waals surface area (Å²) in [5, 5.41) is 23.5. The standard InChI is InChI=1S/C33H59N3O7/c34-29(37)24-23-28(33(42)43)36-32(41)27-21-19-26(20-22-27)25-35-30(38)17-15-13-11-9-7-5-3-1-2-4-6-8-10-12-14-16-18-31(39)40/h26-28H,1-25H2,(H2,34,37)(H,35,38)(H,36,41)(H,39,40)(H,42,43)/t26?,27?,28-/m0/s1. The maximum atomic E-state index is 12.5. The van der Waals surface area contributed by atoms with E-state index in [0.29, 0.717) is 38.1 Å². The summed E-state index contributed by atoms with van der Waals surface area (Å²) in [6.07, 6.45) is 22.7. The van der Waals surface area contributed by atoms with E-state index >= 15 is 0 Å². The molecule has 1 saturated carbocycles. The number of aliphatic carboxylic acids is 2. The van der Waals surface area contributed by atoms with Crippen LogP contribution in [0.3, 0.4) is 0 Å². The minimum atomic E-state index is -1.17. The zero-order valence-corrected chi connectivity index (χ0v) is 26.4. The summed E-state index contributed by atoms with van der Waals surface area (Å²) in [6, 6.07) is -1.11. The van der Waals surface area contributed by atoms with Crippen molar-refractivity contribution in [2.75, 3.05) is 6.54 Å². The SMILES string of the molecule is NC(=O)CC[C@H](NC(=O)C1CCC(CNC(=O)CCCCCCCCCCCCCCCCCCC(=O)O)CC1)C(=O)O. The Morgan fingerprint density at radius 1 is 0.628 bits per heavy atom. The topological polar surface area (TPSA) is 176 Å². The highest BCUT2D eigenvalue weighted by molar-refractivity contribution is 5.85. The van der Waals surface area contributed by atoms with Gasteiger partial charge in [-0.2, -0.15) is 0 Å². The van der Waals surface area contributed by atoms with Crippen LogP contribution in [0.1, 0.15) is 154 Å². The monoisotopic (exact) mass is 609 g/mol. The molecular weight excluding hydrogens is 550 g/mol. The van der Waals surface area contributed by atoms with Crippen LogP contribution in [-0.4, -0.2) is 52.5 Å². The lowest BCUT2D eigenvalue weighted by Gasteiger charge is -2.28. The van der Waals surface area contributed by atoms with Crippen LogP contribution in [0, 0.1) is 11.8 Å². The van der Waals surface area contributed by atoms with Crippen molar-refractivity contribution in [1.82, 2.24) is 10.6 Å². The molecule has 0 aromatic heterocycles. The zero-order valence-electron chi connectivity index (χ0n) is 26.4. The Morgan fingerprint density at radius 2 is 1.07 bits per heavy atom. The van der Waals surface area contributed by atoms with E-state index in [1.807, 2.05) is 0 Å². The second-order valence-corrected chi connectivity index (χ2v) is 12.5. The summed E-state index contributed by atoms with van der Waals surface area (Å²) < 4.78 is 0. The molecule has 1 fully saturated rings. The van der Waals surface area contributed by atoms with Crippen LogP contribution in [0.5, 0.6) is 0 Å². The molecular formula is C33H59N3O7. The Morgan fingerprint density at radius 3 is 1.49 bits per heavy atom. The van der Waals surface area contributed by atoms with Crippen LogP contribution in [0.4, 0.5) is 0 Å². The molecule has 1 aliphatic carbocycles. The minimum absolute atomic E-state index is 0.0128. The Bertz CT molecular complexity index is 812. The van der Waals surface area contributed by atoms with Gasteiger partial charge >= 0.3 is 11.9 Å². The number of nitrogens with two attached hydrogens (primary N) is 1. The molecule has 43 heavy (non-hydrogen) atoms. The summed E-state index contributed by atoms with van der Waals surface area (Å²) in [5.41, 5.74) is 5.09. The Kier molecular flexibility index (Phi) is 22.1. The van der Waals surface area contributed by atoms with Crippen LogP contribution in [0.15, 0.2) is 0 Å². The first kappa shape index (κ1) is 38.4. The molecule has 1 rings (SSSR count). The smallest absolute Gasteiger partial charge is 0.326 e. The molecule has 0 saturated heterocycles. The highest BCUT2D eigenvalue weighted by Gasteiger charge is 2.29. The third-order valence-electron chi connectivity index (χ3n) is 8.64. The normalized spacial score (nSPS) is 17.2. The van der Waals surface area contributed by atoms with Crippen molar-refractivity contribution >= 4 is 29.7 Å². The van der Waals surface area contributed by atoms with Crippen LogP contribution in [0.2, 0.25) is 0 Å². The van der Waals surface area contributed by atoms with E-state index in [9.17, 15) is 29.1 Å². The molecule has 1 atom stereocenters. The number of nitrogens with one attached hydrogen (secondary N) is 2. The molecule has 1 aliphatic rings. The molecule has 248 valence electrons. The molecule has 0 heterocycles. The van der Waals surface area contributed by atoms with Gasteiger partial charge in [0.05, 0.1) is 0 Å². The summed E-state index contributed by atoms with van der Waals surface area (Å²) in [7, 11) is 0. The predicted molar refractivity (Wildman–Crippen MR) is 167 cm³/mol. The fourth-order valence-corrected chi connectivity index (χ4v) is 5.85. The van der Waals surface area contributed by atoms with E-state index in [0.717, 1.165) is 44.9 Å². The lowest BCUT2D eigenvalue weighted by Crippen LogP contribution is -2.45. The van der Waals surface area contributed by atoms with Gasteiger partial charge in [-0.3, -0.25) is 19.2 Å². The molecule has 0 aromatic carbocycles. The molecule has 0 bridgehead atoms. The van der Waals surface area contributed by atoms with Gasteiger partial charge in [0, 0.05) is 31.7 Å². The Hall–Kier alpha value is -2.65. The van der Waals surface area contributed by atoms with E-state index in [4.69, 9.17) is 10.8 Å². The van der Waals surface area contributed by atoms with Gasteiger partial charge in [0.25, 0.3) is 0 Å². The number of carboxylic acid groups (broad SMARTS) is 2. The van der Waals surface area contributed by atoms with Crippen molar-refractivity contribution in [2.24, 2.45) is 17.6 Å². The number of primary amides is 1. The van der Waals surface area contributed by atoms with Gasteiger partial charge < -0.3 is 26.6 Å². The fraction of sp³-hybridized carbons (Fsp3) is 0.848. The van der Waals surface area contributed by atoms with Crippen LogP contribution >= 0.6 is 0 Å². The largest absolute Gasteiger partial charge is 0.481 e. The molecule has 10 nitrogen and oxygen atoms in total. The number of hydrogen-bond acceptors (Lipinski definition) is 5. The number of hydrogen-bond donors (Lipinski definition) is 5. The fourth-order valence-electron chi connectivity index (χ4n) is 5.85. The third-order valence-corrected chi connectivity index (χ3v) is 8.64. The number of carbonyl (C=O) groups is 5. The van der Waals surface area contributed by atoms with Crippen molar-refractivity contribution in [3.8, 4) is 0 Å². The summed E-state index contributed by atoms with van der Waals surface area (Å²) in [4.78, 5) is 57.5. The van der Waals surface area contributed by atoms with E-state index in [-0.39, 0.29) is 30.6 Å². The van der Waals surface area contributed by atoms with Crippen LogP contribution in [0.25, 0.3) is 0 Å². The molecule has 0 spiro atoms. The van der Waals surface area contributed by atoms with Gasteiger partial charge in [-0.15, -0.1) is 0 Å². The average Bonchev–Trinajstić information content (AvgIpc) is 2.97. The van der Waals surface area contributed by atoms with Gasteiger partial charge in [-0.25, -0.2) is 4.79 Å². The Balaban J connectivity index is 1.93. The second kappa shape index (κ2) is 24.8. The number of carbonyl (C=O) groups excluding carboxylic acids is 3. The lowest BCUT2D eigenvalue weighted by molar-refractivity contribution is -0.143. The van der Waals surface area contributed by atoms with Crippen molar-refractivity contribution in [3.63, 3.8) is 0 Å². The first-order valence-electron chi connectivity index (χ1n) is 17.0. The van der Waals surface area contributed by atoms with Crippen molar-refractivity contribution in [3.05, 3.63) is 0 Å². The number of unbranched alkanes of at least 4 members (excludes halogenated alkanes) is 15. The lowest BCUT2D eigenvalue weighted by atomic mass is 9.81.